The molecule has 4 heteroatoms. The molecule has 22 heavy (non-hydrogen) atoms. The third-order valence-corrected chi connectivity index (χ3v) is 3.77. The number of aryl methyl sites for hydroxylation is 1. The molecule has 2 rings (SSSR count). The maximum Gasteiger partial charge on any atom is 0.410 e. The zero-order chi connectivity index (χ0) is 16.2. The van der Waals surface area contributed by atoms with Gasteiger partial charge in [0.05, 0.1) is 0 Å². The Balaban J connectivity index is 1.88. The molecule has 0 saturated carbocycles. The minimum atomic E-state index is -0.428. The molecule has 0 spiro atoms. The number of nitrogens with one attached hydrogen (secondary N) is 1. The number of rotatable bonds is 2. The molecule has 1 fully saturated rings. The van der Waals surface area contributed by atoms with Crippen LogP contribution >= 0.6 is 0 Å². The van der Waals surface area contributed by atoms with E-state index in [1.807, 2.05) is 25.7 Å². The molecule has 0 radical (unpaired) electrons. The molecule has 1 unspecified atom stereocenters. The maximum absolute atomic E-state index is 12.2. The molecule has 1 aliphatic rings. The van der Waals surface area contributed by atoms with E-state index in [1.54, 1.807) is 0 Å². The maximum atomic E-state index is 12.2. The van der Waals surface area contributed by atoms with Gasteiger partial charge in [-0.1, -0.05) is 12.1 Å². The van der Waals surface area contributed by atoms with Crippen LogP contribution in [0.5, 0.6) is 0 Å². The number of ether oxygens (including phenoxy) is 1. The highest BCUT2D eigenvalue weighted by Gasteiger charge is 2.25. The quantitative estimate of drug-likeness (QED) is 0.890. The van der Waals surface area contributed by atoms with E-state index in [0.29, 0.717) is 6.04 Å². The number of hydrogen-bond donors (Lipinski definition) is 1. The fourth-order valence-electron chi connectivity index (χ4n) is 2.72. The lowest BCUT2D eigenvalue weighted by Gasteiger charge is -2.26. The van der Waals surface area contributed by atoms with Gasteiger partial charge in [0.1, 0.15) is 5.60 Å². The third kappa shape index (κ3) is 5.24. The smallest absolute Gasteiger partial charge is 0.410 e. The van der Waals surface area contributed by atoms with E-state index in [4.69, 9.17) is 4.74 Å². The first-order chi connectivity index (χ1) is 10.3. The highest BCUT2D eigenvalue weighted by Crippen LogP contribution is 2.19. The van der Waals surface area contributed by atoms with Gasteiger partial charge in [0, 0.05) is 24.8 Å². The van der Waals surface area contributed by atoms with Gasteiger partial charge < -0.3 is 15.0 Å². The zero-order valence-electron chi connectivity index (χ0n) is 14.2. The summed E-state index contributed by atoms with van der Waals surface area (Å²) in [6, 6.07) is 8.85. The normalized spacial score (nSPS) is 19.5. The molecular weight excluding hydrogens is 276 g/mol. The second kappa shape index (κ2) is 7.03. The summed E-state index contributed by atoms with van der Waals surface area (Å²) in [6.45, 7) is 9.35. The van der Waals surface area contributed by atoms with Gasteiger partial charge >= 0.3 is 6.09 Å². The van der Waals surface area contributed by atoms with Crippen LogP contribution in [0.4, 0.5) is 10.5 Å². The fraction of sp³-hybridized carbons (Fsp3) is 0.611. The number of carbonyl (C=O) groups excluding carboxylic acids is 1. The Bertz CT molecular complexity index is 508. The number of benzene rings is 1. The first-order valence-corrected chi connectivity index (χ1v) is 8.14. The van der Waals surface area contributed by atoms with E-state index in [1.165, 1.54) is 5.56 Å². The number of likely N-dealkylation sites (tertiary alicyclic amines) is 1. The van der Waals surface area contributed by atoms with Crippen LogP contribution in [0.2, 0.25) is 0 Å². The molecule has 1 saturated heterocycles. The molecule has 1 N–H and O–H groups in total. The molecule has 1 amide bonds. The Morgan fingerprint density at radius 3 is 2.73 bits per heavy atom. The number of amides is 1. The third-order valence-electron chi connectivity index (χ3n) is 3.77. The van der Waals surface area contributed by atoms with Crippen LogP contribution in [-0.4, -0.2) is 35.7 Å². The first-order valence-electron chi connectivity index (χ1n) is 8.14. The number of nitrogens with zero attached hydrogens (tertiary/aromatic N) is 1. The van der Waals surface area contributed by atoms with Crippen molar-refractivity contribution < 1.29 is 9.53 Å². The van der Waals surface area contributed by atoms with Crippen molar-refractivity contribution in [3.8, 4) is 0 Å². The second-order valence-electron chi connectivity index (χ2n) is 7.11. The fourth-order valence-corrected chi connectivity index (χ4v) is 2.72. The summed E-state index contributed by atoms with van der Waals surface area (Å²) in [5, 5.41) is 3.59. The highest BCUT2D eigenvalue weighted by atomic mass is 16.6. The van der Waals surface area contributed by atoms with Gasteiger partial charge in [0.25, 0.3) is 0 Å². The van der Waals surface area contributed by atoms with Crippen molar-refractivity contribution >= 4 is 11.8 Å². The van der Waals surface area contributed by atoms with Crippen LogP contribution in [0.3, 0.4) is 0 Å². The lowest BCUT2D eigenvalue weighted by molar-refractivity contribution is 0.0256. The summed E-state index contributed by atoms with van der Waals surface area (Å²) >= 11 is 0. The number of carbonyl (C=O) groups is 1. The lowest BCUT2D eigenvalue weighted by atomic mass is 10.1. The number of hydrogen-bond acceptors (Lipinski definition) is 3. The van der Waals surface area contributed by atoms with Gasteiger partial charge in [-0.05, 0) is 64.7 Å². The monoisotopic (exact) mass is 304 g/mol. The standard InChI is InChI=1S/C18H28N2O2/c1-14-7-5-8-16(13-14)19-15-9-6-11-20(12-10-15)17(21)22-18(2,3)4/h5,7-8,13,15,19H,6,9-12H2,1-4H3. The Hall–Kier alpha value is -1.71. The molecular formula is C18H28N2O2. The zero-order valence-corrected chi connectivity index (χ0v) is 14.2. The SMILES string of the molecule is Cc1cccc(NC2CCCN(C(=O)OC(C)(C)C)CC2)c1. The lowest BCUT2D eigenvalue weighted by Crippen LogP contribution is -2.37. The van der Waals surface area contributed by atoms with Crippen molar-refractivity contribution in [1.82, 2.24) is 4.90 Å². The molecule has 0 aliphatic carbocycles. The van der Waals surface area contributed by atoms with E-state index in [9.17, 15) is 4.79 Å². The summed E-state index contributed by atoms with van der Waals surface area (Å²) in [6.07, 6.45) is 2.84. The van der Waals surface area contributed by atoms with Crippen molar-refractivity contribution in [2.75, 3.05) is 18.4 Å². The van der Waals surface area contributed by atoms with E-state index >= 15 is 0 Å². The minimum absolute atomic E-state index is 0.191. The van der Waals surface area contributed by atoms with E-state index in [2.05, 4.69) is 36.5 Å². The molecule has 1 aromatic carbocycles. The minimum Gasteiger partial charge on any atom is -0.444 e. The van der Waals surface area contributed by atoms with Crippen LogP contribution in [0.1, 0.15) is 45.6 Å². The Labute approximate surface area is 133 Å². The Kier molecular flexibility index (Phi) is 5.33. The van der Waals surface area contributed by atoms with E-state index < -0.39 is 5.60 Å². The van der Waals surface area contributed by atoms with Crippen molar-refractivity contribution in [3.05, 3.63) is 29.8 Å². The van der Waals surface area contributed by atoms with Gasteiger partial charge in [0.2, 0.25) is 0 Å². The molecule has 4 nitrogen and oxygen atoms in total. The molecule has 1 heterocycles. The van der Waals surface area contributed by atoms with Crippen LogP contribution < -0.4 is 5.32 Å². The topological polar surface area (TPSA) is 41.6 Å². The van der Waals surface area contributed by atoms with Gasteiger partial charge in [-0.2, -0.15) is 0 Å². The molecule has 0 aromatic heterocycles. The van der Waals surface area contributed by atoms with Crippen molar-refractivity contribution in [2.45, 2.75) is 58.6 Å². The molecule has 0 bridgehead atoms. The summed E-state index contributed by atoms with van der Waals surface area (Å²) in [4.78, 5) is 14.0. The summed E-state index contributed by atoms with van der Waals surface area (Å²) in [5.41, 5.74) is 1.99. The van der Waals surface area contributed by atoms with Crippen molar-refractivity contribution in [3.63, 3.8) is 0 Å². The predicted molar refractivity (Wildman–Crippen MR) is 90.2 cm³/mol. The van der Waals surface area contributed by atoms with Gasteiger partial charge in [-0.25, -0.2) is 4.79 Å². The Morgan fingerprint density at radius 1 is 1.27 bits per heavy atom. The average molecular weight is 304 g/mol. The summed E-state index contributed by atoms with van der Waals surface area (Å²) in [5.74, 6) is 0. The molecule has 1 atom stereocenters. The second-order valence-corrected chi connectivity index (χ2v) is 7.11. The van der Waals surface area contributed by atoms with Crippen LogP contribution in [0, 0.1) is 6.92 Å². The van der Waals surface area contributed by atoms with E-state index in [0.717, 1.165) is 38.0 Å². The number of anilines is 1. The molecule has 1 aromatic rings. The Morgan fingerprint density at radius 2 is 2.05 bits per heavy atom. The van der Waals surface area contributed by atoms with Gasteiger partial charge in [-0.3, -0.25) is 0 Å². The van der Waals surface area contributed by atoms with Crippen LogP contribution in [-0.2, 0) is 4.74 Å². The largest absolute Gasteiger partial charge is 0.444 e. The molecule has 1 aliphatic heterocycles. The average Bonchev–Trinajstić information content (AvgIpc) is 2.62. The predicted octanol–water partition coefficient (Wildman–Crippen LogP) is 4.20. The van der Waals surface area contributed by atoms with E-state index in [-0.39, 0.29) is 6.09 Å². The van der Waals surface area contributed by atoms with Crippen LogP contribution in [0.25, 0.3) is 0 Å². The van der Waals surface area contributed by atoms with Crippen LogP contribution in [0.15, 0.2) is 24.3 Å². The van der Waals surface area contributed by atoms with Gasteiger partial charge in [-0.15, -0.1) is 0 Å². The van der Waals surface area contributed by atoms with Gasteiger partial charge in [0.15, 0.2) is 0 Å². The summed E-state index contributed by atoms with van der Waals surface area (Å²) in [7, 11) is 0. The van der Waals surface area contributed by atoms with Crippen molar-refractivity contribution in [2.24, 2.45) is 0 Å². The highest BCUT2D eigenvalue weighted by molar-refractivity contribution is 5.68. The molecule has 122 valence electrons. The summed E-state index contributed by atoms with van der Waals surface area (Å²) < 4.78 is 5.47. The van der Waals surface area contributed by atoms with Crippen molar-refractivity contribution in [1.29, 1.82) is 0 Å². The first kappa shape index (κ1) is 16.7.